The summed E-state index contributed by atoms with van der Waals surface area (Å²) in [6.45, 7) is 4.22. The number of ether oxygens (including phenoxy) is 2. The Bertz CT molecular complexity index is 1120. The van der Waals surface area contributed by atoms with Crippen LogP contribution in [0.5, 0.6) is 0 Å². The summed E-state index contributed by atoms with van der Waals surface area (Å²) in [4.78, 5) is 35.0. The average molecular weight is 817 g/mol. The summed E-state index contributed by atoms with van der Waals surface area (Å²) in [5.74, 6) is -0.434. The van der Waals surface area contributed by atoms with E-state index in [2.05, 4.69) is 55.7 Å². The number of carbonyl (C=O) groups excluding carboxylic acids is 2. The lowest BCUT2D eigenvalue weighted by molar-refractivity contribution is -0.161. The zero-order valence-electron chi connectivity index (χ0n) is 34.7. The summed E-state index contributed by atoms with van der Waals surface area (Å²) in [5, 5.41) is 38.9. The van der Waals surface area contributed by atoms with E-state index in [0.717, 1.165) is 44.4 Å². The molecule has 0 aromatic heterocycles. The van der Waals surface area contributed by atoms with Gasteiger partial charge >= 0.3 is 19.8 Å². The Hall–Kier alpha value is -2.15. The maximum absolute atomic E-state index is 12.6. The van der Waals surface area contributed by atoms with Crippen molar-refractivity contribution in [2.75, 3.05) is 26.4 Å². The van der Waals surface area contributed by atoms with Gasteiger partial charge in [-0.15, -0.1) is 0 Å². The van der Waals surface area contributed by atoms with Gasteiger partial charge in [-0.3, -0.25) is 18.6 Å². The first-order valence-electron chi connectivity index (χ1n) is 21.1. The molecule has 0 radical (unpaired) electrons. The maximum Gasteiger partial charge on any atom is 0.472 e. The van der Waals surface area contributed by atoms with E-state index < -0.39 is 70.6 Å². The van der Waals surface area contributed by atoms with Crippen molar-refractivity contribution in [3.63, 3.8) is 0 Å². The second kappa shape index (κ2) is 37.1. The lowest BCUT2D eigenvalue weighted by Gasteiger charge is -2.20. The molecule has 0 rings (SSSR count). The fraction of sp³-hybridized carbons (Fsp3) is 0.767. The topological polar surface area (TPSA) is 189 Å². The van der Waals surface area contributed by atoms with E-state index in [4.69, 9.17) is 19.1 Å². The molecule has 0 spiro atoms. The number of rotatable bonds is 38. The van der Waals surface area contributed by atoms with Gasteiger partial charge in [-0.05, 0) is 57.3 Å². The Morgan fingerprint density at radius 1 is 0.607 bits per heavy atom. The summed E-state index contributed by atoms with van der Waals surface area (Å²) < 4.78 is 32.5. The van der Waals surface area contributed by atoms with Gasteiger partial charge in [-0.2, -0.15) is 0 Å². The molecule has 0 aliphatic heterocycles. The van der Waals surface area contributed by atoms with E-state index in [1.165, 1.54) is 51.4 Å². The zero-order chi connectivity index (χ0) is 41.7. The van der Waals surface area contributed by atoms with E-state index in [0.29, 0.717) is 12.8 Å². The SMILES string of the molecule is CC/C=C\C/C=C\C/C=C\C/C=C\C[C@H](O)[C@@H](O)CCCC(=O)OC[C@H](COP(=O)(O)OC[C@@H](O)CO)OC(=O)CCCCCCCCCCCCCC(C)C. The molecule has 0 bridgehead atoms. The van der Waals surface area contributed by atoms with Crippen LogP contribution in [0.3, 0.4) is 0 Å². The maximum atomic E-state index is 12.6. The lowest BCUT2D eigenvalue weighted by atomic mass is 10.0. The van der Waals surface area contributed by atoms with Crippen LogP contribution in [0.4, 0.5) is 0 Å². The number of phosphoric ester groups is 1. The number of aliphatic hydroxyl groups excluding tert-OH is 4. The molecular weight excluding hydrogens is 739 g/mol. The molecule has 0 aliphatic carbocycles. The van der Waals surface area contributed by atoms with Gasteiger partial charge in [-0.25, -0.2) is 4.57 Å². The highest BCUT2D eigenvalue weighted by Crippen LogP contribution is 2.43. The van der Waals surface area contributed by atoms with Crippen molar-refractivity contribution in [3.8, 4) is 0 Å². The molecule has 1 unspecified atom stereocenters. The van der Waals surface area contributed by atoms with Gasteiger partial charge in [0.2, 0.25) is 0 Å². The van der Waals surface area contributed by atoms with Crippen LogP contribution in [0.2, 0.25) is 0 Å². The first kappa shape index (κ1) is 53.9. The molecule has 0 aromatic carbocycles. The predicted octanol–water partition coefficient (Wildman–Crippen LogP) is 8.74. The summed E-state index contributed by atoms with van der Waals surface area (Å²) in [6, 6.07) is 0. The van der Waals surface area contributed by atoms with Crippen LogP contribution in [0.1, 0.15) is 156 Å². The monoisotopic (exact) mass is 817 g/mol. The van der Waals surface area contributed by atoms with Gasteiger partial charge in [0.15, 0.2) is 6.10 Å². The van der Waals surface area contributed by atoms with Gasteiger partial charge in [0, 0.05) is 12.8 Å². The first-order valence-corrected chi connectivity index (χ1v) is 22.6. The van der Waals surface area contributed by atoms with Crippen molar-refractivity contribution < 1.29 is 58.0 Å². The fourth-order valence-electron chi connectivity index (χ4n) is 5.50. The number of carbonyl (C=O) groups is 2. The van der Waals surface area contributed by atoms with Crippen molar-refractivity contribution in [1.29, 1.82) is 0 Å². The Kier molecular flexibility index (Phi) is 35.7. The first-order chi connectivity index (χ1) is 26.9. The van der Waals surface area contributed by atoms with Crippen LogP contribution >= 0.6 is 7.82 Å². The number of aliphatic hydroxyl groups is 4. The third kappa shape index (κ3) is 36.2. The van der Waals surface area contributed by atoms with Crippen LogP contribution in [-0.2, 0) is 32.7 Å². The molecule has 326 valence electrons. The molecule has 13 heteroatoms. The average Bonchev–Trinajstić information content (AvgIpc) is 3.16. The molecular formula is C43H77O12P. The van der Waals surface area contributed by atoms with Crippen molar-refractivity contribution in [2.24, 2.45) is 5.92 Å². The second-order valence-electron chi connectivity index (χ2n) is 14.8. The minimum absolute atomic E-state index is 0.0752. The molecule has 0 amide bonds. The number of allylic oxidation sites excluding steroid dienone is 7. The molecule has 0 aliphatic rings. The van der Waals surface area contributed by atoms with Crippen LogP contribution in [-0.4, -0.2) is 88.1 Å². The van der Waals surface area contributed by atoms with E-state index in [1.54, 1.807) is 0 Å². The van der Waals surface area contributed by atoms with Gasteiger partial charge in [0.25, 0.3) is 0 Å². The minimum Gasteiger partial charge on any atom is -0.462 e. The number of hydrogen-bond acceptors (Lipinski definition) is 11. The van der Waals surface area contributed by atoms with Crippen molar-refractivity contribution in [2.45, 2.75) is 180 Å². The number of esters is 2. The highest BCUT2D eigenvalue weighted by atomic mass is 31.2. The van der Waals surface area contributed by atoms with E-state index >= 15 is 0 Å². The van der Waals surface area contributed by atoms with E-state index in [9.17, 15) is 34.4 Å². The standard InChI is InChI=1S/C43H77O12P/c1-4-5-6-7-8-9-10-13-16-19-22-25-29-40(46)41(47)30-27-32-42(48)52-35-39(36-54-56(50,51)53-34-38(45)33-44)55-43(49)31-26-23-20-17-14-11-12-15-18-21-24-28-37(2)3/h5-6,8-9,13,16,22,25,37-41,44-47H,4,7,10-12,14-15,17-21,23-24,26-36H2,1-3H3,(H,50,51)/b6-5-,9-8-,16-13-,25-22-/t38-,39+,40-,41-/m0/s1. The quantitative estimate of drug-likeness (QED) is 0.0173. The molecule has 5 N–H and O–H groups in total. The fourth-order valence-corrected chi connectivity index (χ4v) is 6.29. The normalized spacial score (nSPS) is 15.6. The number of unbranched alkanes of at least 4 members (excludes halogenated alkanes) is 10. The summed E-state index contributed by atoms with van der Waals surface area (Å²) in [7, 11) is -4.69. The Morgan fingerprint density at radius 2 is 1.11 bits per heavy atom. The molecule has 0 saturated heterocycles. The van der Waals surface area contributed by atoms with Gasteiger partial charge in [-0.1, -0.05) is 140 Å². The molecule has 12 nitrogen and oxygen atoms in total. The van der Waals surface area contributed by atoms with Crippen LogP contribution < -0.4 is 0 Å². The summed E-state index contributed by atoms with van der Waals surface area (Å²) in [6.07, 6.45) is 29.8. The number of phosphoric acid groups is 1. The summed E-state index contributed by atoms with van der Waals surface area (Å²) >= 11 is 0. The van der Waals surface area contributed by atoms with Gasteiger partial charge in [0.05, 0.1) is 32.0 Å². The van der Waals surface area contributed by atoms with Crippen LogP contribution in [0.15, 0.2) is 48.6 Å². The predicted molar refractivity (Wildman–Crippen MR) is 222 cm³/mol. The third-order valence-corrected chi connectivity index (χ3v) is 9.83. The molecule has 0 fully saturated rings. The molecule has 0 aromatic rings. The largest absolute Gasteiger partial charge is 0.472 e. The second-order valence-corrected chi connectivity index (χ2v) is 16.2. The van der Waals surface area contributed by atoms with Crippen molar-refractivity contribution in [1.82, 2.24) is 0 Å². The highest BCUT2D eigenvalue weighted by Gasteiger charge is 2.27. The Labute approximate surface area is 338 Å². The van der Waals surface area contributed by atoms with E-state index in [1.807, 2.05) is 18.2 Å². The Balaban J connectivity index is 4.56. The molecule has 5 atom stereocenters. The summed E-state index contributed by atoms with van der Waals surface area (Å²) in [5.41, 5.74) is 0. The molecule has 0 saturated carbocycles. The molecule has 0 heterocycles. The Morgan fingerprint density at radius 3 is 1.66 bits per heavy atom. The lowest BCUT2D eigenvalue weighted by Crippen LogP contribution is -2.30. The van der Waals surface area contributed by atoms with Crippen molar-refractivity contribution in [3.05, 3.63) is 48.6 Å². The third-order valence-electron chi connectivity index (χ3n) is 8.88. The number of hydrogen-bond donors (Lipinski definition) is 5. The van der Waals surface area contributed by atoms with Gasteiger partial charge in [0.1, 0.15) is 12.7 Å². The van der Waals surface area contributed by atoms with Crippen LogP contribution in [0.25, 0.3) is 0 Å². The van der Waals surface area contributed by atoms with E-state index in [-0.39, 0.29) is 32.1 Å². The smallest absolute Gasteiger partial charge is 0.462 e. The zero-order valence-corrected chi connectivity index (χ0v) is 35.6. The van der Waals surface area contributed by atoms with Crippen molar-refractivity contribution >= 4 is 19.8 Å². The minimum atomic E-state index is -4.69. The van der Waals surface area contributed by atoms with Gasteiger partial charge < -0.3 is 34.8 Å². The van der Waals surface area contributed by atoms with Crippen LogP contribution in [0, 0.1) is 5.92 Å². The molecule has 56 heavy (non-hydrogen) atoms. The highest BCUT2D eigenvalue weighted by molar-refractivity contribution is 7.47.